The molecule has 2 aliphatic rings. The zero-order chi connectivity index (χ0) is 15.0. The Morgan fingerprint density at radius 2 is 2.14 bits per heavy atom. The van der Waals surface area contributed by atoms with Gasteiger partial charge < -0.3 is 15.3 Å². The summed E-state index contributed by atoms with van der Waals surface area (Å²) in [7, 11) is 0. The number of anilines is 1. The number of carbonyl (C=O) groups excluding carboxylic acids is 2. The van der Waals surface area contributed by atoms with Gasteiger partial charge in [0.15, 0.2) is 0 Å². The van der Waals surface area contributed by atoms with Crippen LogP contribution in [-0.4, -0.2) is 40.5 Å². The Balaban J connectivity index is 1.77. The van der Waals surface area contributed by atoms with Gasteiger partial charge in [0, 0.05) is 24.3 Å². The predicted octanol–water partition coefficient (Wildman–Crippen LogP) is 1.56. The third-order valence-corrected chi connectivity index (χ3v) is 4.33. The van der Waals surface area contributed by atoms with Gasteiger partial charge in [0.05, 0.1) is 12.0 Å². The standard InChI is InChI=1S/C16H20N2O3/c1-16(21)5-2-7-18(8-6-16)15(20)11-3-4-13-12(9-11)10-14(19)17-13/h3-4,9,21H,2,5-8,10H2,1H3,(H,17,19). The number of nitrogens with zero attached hydrogens (tertiary/aromatic N) is 1. The van der Waals surface area contributed by atoms with Crippen molar-refractivity contribution in [2.24, 2.45) is 0 Å². The van der Waals surface area contributed by atoms with Crippen molar-refractivity contribution in [2.45, 2.75) is 38.2 Å². The minimum Gasteiger partial charge on any atom is -0.390 e. The van der Waals surface area contributed by atoms with Crippen LogP contribution in [0, 0.1) is 0 Å². The highest BCUT2D eigenvalue weighted by Crippen LogP contribution is 2.26. The molecule has 1 saturated heterocycles. The van der Waals surface area contributed by atoms with E-state index in [1.54, 1.807) is 23.1 Å². The third-order valence-electron chi connectivity index (χ3n) is 4.33. The van der Waals surface area contributed by atoms with E-state index in [-0.39, 0.29) is 11.8 Å². The van der Waals surface area contributed by atoms with Gasteiger partial charge in [0.1, 0.15) is 0 Å². The fraction of sp³-hybridized carbons (Fsp3) is 0.500. The number of amides is 2. The maximum absolute atomic E-state index is 12.6. The summed E-state index contributed by atoms with van der Waals surface area (Å²) in [5, 5.41) is 12.9. The molecule has 5 heteroatoms. The summed E-state index contributed by atoms with van der Waals surface area (Å²) < 4.78 is 0. The first-order chi connectivity index (χ1) is 9.94. The average molecular weight is 288 g/mol. The molecule has 0 radical (unpaired) electrons. The van der Waals surface area contributed by atoms with Crippen molar-refractivity contribution in [2.75, 3.05) is 18.4 Å². The number of hydrogen-bond donors (Lipinski definition) is 2. The molecule has 2 N–H and O–H groups in total. The van der Waals surface area contributed by atoms with Gasteiger partial charge in [-0.3, -0.25) is 9.59 Å². The van der Waals surface area contributed by atoms with E-state index in [1.165, 1.54) is 0 Å². The Labute approximate surface area is 123 Å². The molecule has 0 aromatic heterocycles. The largest absolute Gasteiger partial charge is 0.390 e. The molecule has 1 atom stereocenters. The summed E-state index contributed by atoms with van der Waals surface area (Å²) in [5.41, 5.74) is 1.62. The van der Waals surface area contributed by atoms with Gasteiger partial charge in [-0.15, -0.1) is 0 Å². The van der Waals surface area contributed by atoms with Gasteiger partial charge in [-0.1, -0.05) is 0 Å². The van der Waals surface area contributed by atoms with E-state index in [0.717, 1.165) is 24.1 Å². The molecule has 1 fully saturated rings. The summed E-state index contributed by atoms with van der Waals surface area (Å²) in [4.78, 5) is 25.7. The van der Waals surface area contributed by atoms with Crippen molar-refractivity contribution in [1.82, 2.24) is 4.90 Å². The van der Waals surface area contributed by atoms with E-state index >= 15 is 0 Å². The molecule has 3 rings (SSSR count). The van der Waals surface area contributed by atoms with Crippen LogP contribution in [0.1, 0.15) is 42.1 Å². The van der Waals surface area contributed by atoms with Gasteiger partial charge in [-0.2, -0.15) is 0 Å². The number of likely N-dealkylation sites (tertiary alicyclic amines) is 1. The summed E-state index contributed by atoms with van der Waals surface area (Å²) in [6, 6.07) is 5.36. The summed E-state index contributed by atoms with van der Waals surface area (Å²) >= 11 is 0. The zero-order valence-electron chi connectivity index (χ0n) is 12.2. The van der Waals surface area contributed by atoms with E-state index < -0.39 is 5.60 Å². The first-order valence-electron chi connectivity index (χ1n) is 7.39. The summed E-state index contributed by atoms with van der Waals surface area (Å²) in [6.07, 6.45) is 2.47. The first kappa shape index (κ1) is 14.1. The molecule has 112 valence electrons. The quantitative estimate of drug-likeness (QED) is 0.824. The molecule has 2 amide bonds. The second-order valence-electron chi connectivity index (χ2n) is 6.24. The maximum Gasteiger partial charge on any atom is 0.253 e. The second kappa shape index (κ2) is 5.15. The summed E-state index contributed by atoms with van der Waals surface area (Å²) in [5.74, 6) is -0.0460. The molecular weight excluding hydrogens is 268 g/mol. The average Bonchev–Trinajstić information content (AvgIpc) is 2.70. The predicted molar refractivity (Wildman–Crippen MR) is 79.2 cm³/mol. The van der Waals surface area contributed by atoms with Gasteiger partial charge in [-0.25, -0.2) is 0 Å². The zero-order valence-corrected chi connectivity index (χ0v) is 12.2. The fourth-order valence-electron chi connectivity index (χ4n) is 3.01. The first-order valence-corrected chi connectivity index (χ1v) is 7.39. The lowest BCUT2D eigenvalue weighted by Gasteiger charge is -2.22. The van der Waals surface area contributed by atoms with Crippen molar-refractivity contribution >= 4 is 17.5 Å². The van der Waals surface area contributed by atoms with E-state index in [0.29, 0.717) is 31.5 Å². The van der Waals surface area contributed by atoms with Crippen molar-refractivity contribution < 1.29 is 14.7 Å². The molecule has 0 aliphatic carbocycles. The van der Waals surface area contributed by atoms with Gasteiger partial charge in [0.25, 0.3) is 5.91 Å². The van der Waals surface area contributed by atoms with Crippen molar-refractivity contribution in [1.29, 1.82) is 0 Å². The van der Waals surface area contributed by atoms with Crippen LogP contribution in [0.15, 0.2) is 18.2 Å². The van der Waals surface area contributed by atoms with Crippen LogP contribution in [0.5, 0.6) is 0 Å². The highest BCUT2D eigenvalue weighted by molar-refractivity contribution is 6.01. The molecule has 2 aliphatic heterocycles. The van der Waals surface area contributed by atoms with Crippen LogP contribution in [0.2, 0.25) is 0 Å². The SMILES string of the molecule is CC1(O)CCCN(C(=O)c2ccc3c(c2)CC(=O)N3)CC1. The topological polar surface area (TPSA) is 69.6 Å². The minimum absolute atomic E-state index is 0.0187. The number of aliphatic hydroxyl groups is 1. The lowest BCUT2D eigenvalue weighted by atomic mass is 9.98. The molecule has 5 nitrogen and oxygen atoms in total. The molecule has 1 unspecified atom stereocenters. The van der Waals surface area contributed by atoms with E-state index in [1.807, 2.05) is 6.92 Å². The fourth-order valence-corrected chi connectivity index (χ4v) is 3.01. The Hall–Kier alpha value is -1.88. The molecule has 21 heavy (non-hydrogen) atoms. The Morgan fingerprint density at radius 3 is 2.95 bits per heavy atom. The number of benzene rings is 1. The Morgan fingerprint density at radius 1 is 1.33 bits per heavy atom. The molecule has 0 bridgehead atoms. The highest BCUT2D eigenvalue weighted by atomic mass is 16.3. The van der Waals surface area contributed by atoms with Crippen LogP contribution in [-0.2, 0) is 11.2 Å². The van der Waals surface area contributed by atoms with Crippen molar-refractivity contribution in [3.8, 4) is 0 Å². The number of hydrogen-bond acceptors (Lipinski definition) is 3. The van der Waals surface area contributed by atoms with E-state index in [9.17, 15) is 14.7 Å². The maximum atomic E-state index is 12.6. The van der Waals surface area contributed by atoms with Crippen LogP contribution < -0.4 is 5.32 Å². The van der Waals surface area contributed by atoms with Crippen LogP contribution in [0.3, 0.4) is 0 Å². The van der Waals surface area contributed by atoms with Gasteiger partial charge >= 0.3 is 0 Å². The number of carbonyl (C=O) groups is 2. The highest BCUT2D eigenvalue weighted by Gasteiger charge is 2.28. The van der Waals surface area contributed by atoms with Crippen LogP contribution in [0.4, 0.5) is 5.69 Å². The monoisotopic (exact) mass is 288 g/mol. The van der Waals surface area contributed by atoms with Gasteiger partial charge in [0.2, 0.25) is 5.91 Å². The number of fused-ring (bicyclic) bond motifs is 1. The lowest BCUT2D eigenvalue weighted by molar-refractivity contribution is -0.115. The Bertz CT molecular complexity index is 595. The van der Waals surface area contributed by atoms with E-state index in [2.05, 4.69) is 5.32 Å². The normalized spacial score (nSPS) is 25.2. The molecule has 0 saturated carbocycles. The molecule has 2 heterocycles. The van der Waals surface area contributed by atoms with Gasteiger partial charge in [-0.05, 0) is 49.9 Å². The van der Waals surface area contributed by atoms with Crippen LogP contribution in [0.25, 0.3) is 0 Å². The molecule has 0 spiro atoms. The second-order valence-corrected chi connectivity index (χ2v) is 6.24. The molecular formula is C16H20N2O3. The lowest BCUT2D eigenvalue weighted by Crippen LogP contribution is -2.33. The number of nitrogens with one attached hydrogen (secondary N) is 1. The number of rotatable bonds is 1. The smallest absolute Gasteiger partial charge is 0.253 e. The molecule has 1 aromatic rings. The van der Waals surface area contributed by atoms with Crippen molar-refractivity contribution in [3.05, 3.63) is 29.3 Å². The minimum atomic E-state index is -0.677. The van der Waals surface area contributed by atoms with Crippen LogP contribution >= 0.6 is 0 Å². The molecule has 1 aromatic carbocycles. The Kier molecular flexibility index (Phi) is 3.45. The summed E-state index contributed by atoms with van der Waals surface area (Å²) in [6.45, 7) is 3.07. The van der Waals surface area contributed by atoms with E-state index in [4.69, 9.17) is 0 Å². The van der Waals surface area contributed by atoms with Crippen molar-refractivity contribution in [3.63, 3.8) is 0 Å². The third kappa shape index (κ3) is 2.93.